The van der Waals surface area contributed by atoms with Crippen molar-refractivity contribution in [3.63, 3.8) is 0 Å². The Morgan fingerprint density at radius 2 is 1.81 bits per heavy atom. The number of amides is 1. The van der Waals surface area contributed by atoms with E-state index < -0.39 is 17.4 Å². The number of anilines is 1. The summed E-state index contributed by atoms with van der Waals surface area (Å²) in [4.78, 5) is 41.7. The van der Waals surface area contributed by atoms with E-state index in [1.807, 2.05) is 0 Å². The van der Waals surface area contributed by atoms with Crippen LogP contribution in [0.1, 0.15) is 20.7 Å². The Labute approximate surface area is 157 Å². The molecule has 0 saturated carbocycles. The van der Waals surface area contributed by atoms with E-state index in [1.54, 1.807) is 5.38 Å². The van der Waals surface area contributed by atoms with E-state index in [0.29, 0.717) is 10.7 Å². The van der Waals surface area contributed by atoms with Crippen molar-refractivity contribution in [1.29, 1.82) is 0 Å². The summed E-state index contributed by atoms with van der Waals surface area (Å²) in [5.74, 6) is -0.819. The second kappa shape index (κ2) is 7.46. The Kier molecular flexibility index (Phi) is 5.08. The van der Waals surface area contributed by atoms with Crippen molar-refractivity contribution in [2.75, 3.05) is 26.6 Å². The van der Waals surface area contributed by atoms with Crippen molar-refractivity contribution in [3.8, 4) is 11.5 Å². The molecule has 2 heterocycles. The molecule has 0 unspecified atom stereocenters. The fourth-order valence-electron chi connectivity index (χ4n) is 2.43. The van der Waals surface area contributed by atoms with Gasteiger partial charge in [0.05, 0.1) is 32.6 Å². The second-order valence-corrected chi connectivity index (χ2v) is 6.10. The summed E-state index contributed by atoms with van der Waals surface area (Å²) >= 11 is 1.27. The van der Waals surface area contributed by atoms with Crippen LogP contribution >= 0.6 is 11.3 Å². The molecule has 0 bridgehead atoms. The van der Waals surface area contributed by atoms with Crippen LogP contribution < -0.4 is 20.3 Å². The molecule has 3 aromatic rings. The molecule has 2 aromatic heterocycles. The van der Waals surface area contributed by atoms with E-state index in [1.165, 1.54) is 61.6 Å². The number of benzene rings is 1. The number of nitrogens with zero attached hydrogens (tertiary/aromatic N) is 2. The third-order valence-corrected chi connectivity index (χ3v) is 4.54. The molecule has 0 saturated heterocycles. The number of ether oxygens (including phenoxy) is 3. The molecule has 140 valence electrons. The Bertz CT molecular complexity index is 1090. The Balaban J connectivity index is 2.04. The molecule has 0 fully saturated rings. The standard InChI is InChI=1S/C17H15N3O6S/c1-24-12-6-9(16(23)26-3)11(7-13(12)25-2)19-14(21)10-8-18-17-20(15(10)22)4-5-27-17/h4-8H,1-3H3,(H,19,21). The van der Waals surface area contributed by atoms with E-state index in [0.717, 1.165) is 0 Å². The minimum atomic E-state index is -0.717. The van der Waals surface area contributed by atoms with Gasteiger partial charge in [-0.1, -0.05) is 0 Å². The molecule has 1 amide bonds. The first-order valence-electron chi connectivity index (χ1n) is 7.60. The van der Waals surface area contributed by atoms with Crippen LogP contribution in [0.2, 0.25) is 0 Å². The van der Waals surface area contributed by atoms with E-state index in [2.05, 4.69) is 10.3 Å². The fraction of sp³-hybridized carbons (Fsp3) is 0.176. The first-order valence-corrected chi connectivity index (χ1v) is 8.48. The SMILES string of the molecule is COC(=O)c1cc(OC)c(OC)cc1NC(=O)c1cnc2sccn2c1=O. The Morgan fingerprint density at radius 3 is 2.48 bits per heavy atom. The number of methoxy groups -OCH3 is 3. The van der Waals surface area contributed by atoms with Gasteiger partial charge in [0.2, 0.25) is 0 Å². The number of hydrogen-bond acceptors (Lipinski definition) is 8. The Morgan fingerprint density at radius 1 is 1.11 bits per heavy atom. The van der Waals surface area contributed by atoms with Gasteiger partial charge in [-0.25, -0.2) is 9.78 Å². The zero-order valence-electron chi connectivity index (χ0n) is 14.6. The van der Waals surface area contributed by atoms with Gasteiger partial charge in [0, 0.05) is 29.9 Å². The van der Waals surface area contributed by atoms with Crippen molar-refractivity contribution in [2.45, 2.75) is 0 Å². The van der Waals surface area contributed by atoms with Gasteiger partial charge >= 0.3 is 5.97 Å². The Hall–Kier alpha value is -3.40. The maximum atomic E-state index is 12.6. The minimum Gasteiger partial charge on any atom is -0.493 e. The molecular weight excluding hydrogens is 374 g/mol. The van der Waals surface area contributed by atoms with Crippen LogP contribution in [0.3, 0.4) is 0 Å². The number of esters is 1. The summed E-state index contributed by atoms with van der Waals surface area (Å²) in [7, 11) is 4.05. The van der Waals surface area contributed by atoms with Gasteiger partial charge in [-0.05, 0) is 0 Å². The van der Waals surface area contributed by atoms with Crippen LogP contribution in [0.4, 0.5) is 5.69 Å². The third kappa shape index (κ3) is 3.34. The molecule has 0 aliphatic rings. The first-order chi connectivity index (χ1) is 13.0. The highest BCUT2D eigenvalue weighted by molar-refractivity contribution is 7.15. The average molecular weight is 389 g/mol. The summed E-state index contributed by atoms with van der Waals surface area (Å²) in [6.07, 6.45) is 2.73. The molecule has 0 atom stereocenters. The van der Waals surface area contributed by atoms with Gasteiger partial charge in [-0.3, -0.25) is 14.0 Å². The first kappa shape index (κ1) is 18.4. The monoisotopic (exact) mass is 389 g/mol. The molecular formula is C17H15N3O6S. The molecule has 0 radical (unpaired) electrons. The average Bonchev–Trinajstić information content (AvgIpc) is 3.16. The minimum absolute atomic E-state index is 0.0492. The molecule has 0 aliphatic carbocycles. The van der Waals surface area contributed by atoms with Crippen molar-refractivity contribution in [1.82, 2.24) is 9.38 Å². The number of carbonyl (C=O) groups excluding carboxylic acids is 2. The van der Waals surface area contributed by atoms with Gasteiger partial charge < -0.3 is 19.5 Å². The van der Waals surface area contributed by atoms with Gasteiger partial charge in [0.25, 0.3) is 11.5 Å². The lowest BCUT2D eigenvalue weighted by Crippen LogP contribution is -2.26. The molecule has 3 rings (SSSR count). The third-order valence-electron chi connectivity index (χ3n) is 3.76. The molecule has 9 nitrogen and oxygen atoms in total. The van der Waals surface area contributed by atoms with Crippen LogP contribution in [0.25, 0.3) is 4.96 Å². The lowest BCUT2D eigenvalue weighted by molar-refractivity contribution is 0.0601. The predicted molar refractivity (Wildman–Crippen MR) is 98.2 cm³/mol. The molecule has 10 heteroatoms. The van der Waals surface area contributed by atoms with Crippen LogP contribution in [0, 0.1) is 0 Å². The smallest absolute Gasteiger partial charge is 0.340 e. The highest BCUT2D eigenvalue weighted by atomic mass is 32.1. The number of aromatic nitrogens is 2. The zero-order valence-corrected chi connectivity index (χ0v) is 15.5. The van der Waals surface area contributed by atoms with E-state index in [4.69, 9.17) is 14.2 Å². The fourth-order valence-corrected chi connectivity index (χ4v) is 3.11. The summed E-state index contributed by atoms with van der Waals surface area (Å²) in [5, 5.41) is 4.23. The van der Waals surface area contributed by atoms with Gasteiger partial charge in [0.15, 0.2) is 16.5 Å². The van der Waals surface area contributed by atoms with Gasteiger partial charge in [-0.15, -0.1) is 11.3 Å². The summed E-state index contributed by atoms with van der Waals surface area (Å²) in [6.45, 7) is 0. The van der Waals surface area contributed by atoms with Gasteiger partial charge in [-0.2, -0.15) is 0 Å². The largest absolute Gasteiger partial charge is 0.493 e. The molecule has 1 N–H and O–H groups in total. The quantitative estimate of drug-likeness (QED) is 0.663. The maximum absolute atomic E-state index is 12.6. The van der Waals surface area contributed by atoms with Crippen molar-refractivity contribution >= 4 is 33.9 Å². The van der Waals surface area contributed by atoms with E-state index in [-0.39, 0.29) is 22.6 Å². The van der Waals surface area contributed by atoms with Crippen LogP contribution in [-0.2, 0) is 4.74 Å². The lowest BCUT2D eigenvalue weighted by atomic mass is 10.1. The normalized spacial score (nSPS) is 10.5. The number of nitrogens with one attached hydrogen (secondary N) is 1. The number of rotatable bonds is 5. The molecule has 1 aromatic carbocycles. The van der Waals surface area contributed by atoms with Crippen molar-refractivity contribution in [3.05, 3.63) is 51.4 Å². The van der Waals surface area contributed by atoms with Gasteiger partial charge in [0.1, 0.15) is 5.56 Å². The number of hydrogen-bond donors (Lipinski definition) is 1. The highest BCUT2D eigenvalue weighted by Gasteiger charge is 2.21. The number of carbonyl (C=O) groups is 2. The van der Waals surface area contributed by atoms with Crippen molar-refractivity contribution in [2.24, 2.45) is 0 Å². The van der Waals surface area contributed by atoms with Crippen LogP contribution in [0.15, 0.2) is 34.7 Å². The lowest BCUT2D eigenvalue weighted by Gasteiger charge is -2.14. The number of fused-ring (bicyclic) bond motifs is 1. The second-order valence-electron chi connectivity index (χ2n) is 5.23. The van der Waals surface area contributed by atoms with E-state index in [9.17, 15) is 14.4 Å². The summed E-state index contributed by atoms with van der Waals surface area (Å²) < 4.78 is 16.4. The number of thiazole rings is 1. The predicted octanol–water partition coefficient (Wildman–Crippen LogP) is 1.81. The molecule has 0 spiro atoms. The van der Waals surface area contributed by atoms with E-state index >= 15 is 0 Å². The summed E-state index contributed by atoms with van der Waals surface area (Å²) in [6, 6.07) is 2.80. The van der Waals surface area contributed by atoms with Crippen LogP contribution in [0.5, 0.6) is 11.5 Å². The zero-order chi connectivity index (χ0) is 19.6. The maximum Gasteiger partial charge on any atom is 0.340 e. The molecule has 0 aliphatic heterocycles. The topological polar surface area (TPSA) is 108 Å². The van der Waals surface area contributed by atoms with Crippen molar-refractivity contribution < 1.29 is 23.8 Å². The highest BCUT2D eigenvalue weighted by Crippen LogP contribution is 2.33. The molecule has 27 heavy (non-hydrogen) atoms. The van der Waals surface area contributed by atoms with Crippen LogP contribution in [-0.4, -0.2) is 42.6 Å². The summed E-state index contributed by atoms with van der Waals surface area (Å²) in [5.41, 5.74) is -0.525.